The molecule has 0 bridgehead atoms. The second kappa shape index (κ2) is 10.1. The maximum absolute atomic E-state index is 5.35. The Bertz CT molecular complexity index is 2570. The number of rotatable bonds is 4. The van der Waals surface area contributed by atoms with Crippen molar-refractivity contribution in [1.29, 1.82) is 0 Å². The molecule has 3 nitrogen and oxygen atoms in total. The molecule has 0 aliphatic carbocycles. The van der Waals surface area contributed by atoms with Crippen LogP contribution in [0.15, 0.2) is 146 Å². The van der Waals surface area contributed by atoms with Gasteiger partial charge in [0.2, 0.25) is 0 Å². The highest BCUT2D eigenvalue weighted by atomic mass is 15.1. The van der Waals surface area contributed by atoms with Crippen molar-refractivity contribution in [3.63, 3.8) is 0 Å². The SMILES string of the molecule is CCn1c(-c2ccc(-c3cccc(-c4nc5ccccc5c5c6ccccc6c6ccccc6c45)c3)cc2)nc2ccccc21. The van der Waals surface area contributed by atoms with Crippen molar-refractivity contribution < 1.29 is 0 Å². The van der Waals surface area contributed by atoms with Crippen LogP contribution in [0.5, 0.6) is 0 Å². The van der Waals surface area contributed by atoms with Gasteiger partial charge in [0.05, 0.1) is 22.2 Å². The Balaban J connectivity index is 1.24. The lowest BCUT2D eigenvalue weighted by Gasteiger charge is -2.16. The predicted octanol–water partition coefficient (Wildman–Crippen LogP) is 11.1. The number of hydrogen-bond donors (Lipinski definition) is 0. The fraction of sp³-hybridized carbons (Fsp3) is 0.0476. The van der Waals surface area contributed by atoms with E-state index in [2.05, 4.69) is 151 Å². The highest BCUT2D eigenvalue weighted by Crippen LogP contribution is 2.43. The van der Waals surface area contributed by atoms with Crippen LogP contribution in [-0.4, -0.2) is 14.5 Å². The summed E-state index contributed by atoms with van der Waals surface area (Å²) in [5, 5.41) is 8.66. The van der Waals surface area contributed by atoms with Crippen LogP contribution in [-0.2, 0) is 6.54 Å². The van der Waals surface area contributed by atoms with E-state index < -0.39 is 0 Å². The van der Waals surface area contributed by atoms with Gasteiger partial charge in [-0.1, -0.05) is 121 Å². The molecule has 0 aliphatic heterocycles. The third-order valence-electron chi connectivity index (χ3n) is 9.16. The molecule has 2 heterocycles. The number of hydrogen-bond acceptors (Lipinski definition) is 2. The van der Waals surface area contributed by atoms with E-state index >= 15 is 0 Å². The van der Waals surface area contributed by atoms with E-state index in [1.54, 1.807) is 0 Å². The largest absolute Gasteiger partial charge is 0.324 e. The molecule has 3 heteroatoms. The van der Waals surface area contributed by atoms with Crippen LogP contribution < -0.4 is 0 Å². The fourth-order valence-corrected chi connectivity index (χ4v) is 7.11. The first-order chi connectivity index (χ1) is 22.3. The van der Waals surface area contributed by atoms with E-state index in [0.717, 1.165) is 45.8 Å². The third-order valence-corrected chi connectivity index (χ3v) is 9.16. The van der Waals surface area contributed by atoms with E-state index in [1.807, 2.05) is 6.07 Å². The Morgan fingerprint density at radius 2 is 1.02 bits per heavy atom. The van der Waals surface area contributed by atoms with Gasteiger partial charge in [-0.15, -0.1) is 0 Å². The van der Waals surface area contributed by atoms with Crippen LogP contribution in [0.4, 0.5) is 0 Å². The summed E-state index contributed by atoms with van der Waals surface area (Å²) in [7, 11) is 0. The molecule has 0 fully saturated rings. The molecule has 45 heavy (non-hydrogen) atoms. The van der Waals surface area contributed by atoms with Crippen LogP contribution in [0, 0.1) is 0 Å². The molecule has 9 aromatic rings. The van der Waals surface area contributed by atoms with Crippen molar-refractivity contribution in [2.45, 2.75) is 13.5 Å². The van der Waals surface area contributed by atoms with Gasteiger partial charge in [-0.2, -0.15) is 0 Å². The quantitative estimate of drug-likeness (QED) is 0.195. The smallest absolute Gasteiger partial charge is 0.141 e. The second-order valence-electron chi connectivity index (χ2n) is 11.6. The first kappa shape index (κ1) is 25.7. The highest BCUT2D eigenvalue weighted by Gasteiger charge is 2.18. The number of imidazole rings is 1. The van der Waals surface area contributed by atoms with E-state index in [4.69, 9.17) is 9.97 Å². The minimum atomic E-state index is 0.871. The van der Waals surface area contributed by atoms with Crippen molar-refractivity contribution in [2.75, 3.05) is 0 Å². The molecule has 0 N–H and O–H groups in total. The van der Waals surface area contributed by atoms with E-state index in [0.29, 0.717) is 0 Å². The summed E-state index contributed by atoms with van der Waals surface area (Å²) in [5.74, 6) is 1.00. The molecule has 0 aliphatic rings. The molecule has 0 spiro atoms. The molecule has 212 valence electrons. The number of fused-ring (bicyclic) bond motifs is 9. The van der Waals surface area contributed by atoms with Crippen molar-refractivity contribution in [2.24, 2.45) is 0 Å². The number of nitrogens with zero attached hydrogens (tertiary/aromatic N) is 3. The normalized spacial score (nSPS) is 11.8. The molecule has 0 radical (unpaired) electrons. The second-order valence-corrected chi connectivity index (χ2v) is 11.6. The van der Waals surface area contributed by atoms with Crippen LogP contribution in [0.3, 0.4) is 0 Å². The highest BCUT2D eigenvalue weighted by molar-refractivity contribution is 6.33. The molecule has 0 unspecified atom stereocenters. The summed E-state index contributed by atoms with van der Waals surface area (Å²) in [5.41, 5.74) is 8.78. The minimum Gasteiger partial charge on any atom is -0.324 e. The van der Waals surface area contributed by atoms with Gasteiger partial charge in [0, 0.05) is 33.8 Å². The van der Waals surface area contributed by atoms with Crippen molar-refractivity contribution in [3.05, 3.63) is 146 Å². The zero-order valence-electron chi connectivity index (χ0n) is 24.9. The lowest BCUT2D eigenvalue weighted by atomic mass is 9.89. The predicted molar refractivity (Wildman–Crippen MR) is 190 cm³/mol. The Kier molecular flexibility index (Phi) is 5.79. The first-order valence-corrected chi connectivity index (χ1v) is 15.6. The van der Waals surface area contributed by atoms with Gasteiger partial charge in [-0.3, -0.25) is 0 Å². The molecule has 7 aromatic carbocycles. The molecular formula is C42H29N3. The summed E-state index contributed by atoms with van der Waals surface area (Å²) in [4.78, 5) is 10.3. The molecule has 0 saturated carbocycles. The number of benzene rings is 7. The van der Waals surface area contributed by atoms with Gasteiger partial charge in [-0.05, 0) is 63.9 Å². The van der Waals surface area contributed by atoms with Gasteiger partial charge < -0.3 is 4.57 Å². The zero-order chi connectivity index (χ0) is 29.9. The summed E-state index contributed by atoms with van der Waals surface area (Å²) >= 11 is 0. The number of aryl methyl sites for hydroxylation is 1. The van der Waals surface area contributed by atoms with Crippen LogP contribution >= 0.6 is 0 Å². The molecule has 0 atom stereocenters. The zero-order valence-corrected chi connectivity index (χ0v) is 24.9. The Morgan fingerprint density at radius 3 is 1.76 bits per heavy atom. The maximum atomic E-state index is 5.35. The molecule has 0 amide bonds. The molecular weight excluding hydrogens is 546 g/mol. The Labute approximate surface area is 261 Å². The van der Waals surface area contributed by atoms with Crippen molar-refractivity contribution in [1.82, 2.24) is 14.5 Å². The first-order valence-electron chi connectivity index (χ1n) is 15.6. The third kappa shape index (κ3) is 3.98. The van der Waals surface area contributed by atoms with E-state index in [9.17, 15) is 0 Å². The minimum absolute atomic E-state index is 0.871. The molecule has 9 rings (SSSR count). The van der Waals surface area contributed by atoms with E-state index in [-0.39, 0.29) is 0 Å². The van der Waals surface area contributed by atoms with Crippen LogP contribution in [0.1, 0.15) is 6.92 Å². The monoisotopic (exact) mass is 575 g/mol. The fourth-order valence-electron chi connectivity index (χ4n) is 7.11. The molecule has 2 aromatic heterocycles. The topological polar surface area (TPSA) is 30.7 Å². The Morgan fingerprint density at radius 1 is 0.444 bits per heavy atom. The summed E-state index contributed by atoms with van der Waals surface area (Å²) in [6.07, 6.45) is 0. The van der Waals surface area contributed by atoms with E-state index in [1.165, 1.54) is 48.8 Å². The number of para-hydroxylation sites is 3. The number of pyridine rings is 1. The van der Waals surface area contributed by atoms with Gasteiger partial charge in [-0.25, -0.2) is 9.97 Å². The standard InChI is InChI=1S/C42H29N3/c1-2-45-38-21-10-9-20-37(38)44-42(45)28-24-22-27(23-25-28)29-12-11-13-30(26-29)41-40-34-17-6-4-15-32(34)31-14-3-5-16-33(31)39(40)35-18-7-8-19-36(35)43-41/h3-26H,2H2,1H3. The summed E-state index contributed by atoms with van der Waals surface area (Å²) in [6, 6.07) is 52.1. The van der Waals surface area contributed by atoms with Crippen molar-refractivity contribution >= 4 is 54.3 Å². The lowest BCUT2D eigenvalue weighted by molar-refractivity contribution is 0.796. The number of aromatic nitrogens is 3. The van der Waals surface area contributed by atoms with Gasteiger partial charge in [0.15, 0.2) is 0 Å². The van der Waals surface area contributed by atoms with Crippen LogP contribution in [0.25, 0.3) is 88.0 Å². The average Bonchev–Trinajstić information content (AvgIpc) is 3.50. The average molecular weight is 576 g/mol. The summed E-state index contributed by atoms with van der Waals surface area (Å²) in [6.45, 7) is 3.05. The van der Waals surface area contributed by atoms with Gasteiger partial charge in [0.1, 0.15) is 5.82 Å². The lowest BCUT2D eigenvalue weighted by Crippen LogP contribution is -1.97. The Hall–Kier alpha value is -5.80. The summed E-state index contributed by atoms with van der Waals surface area (Å²) < 4.78 is 2.29. The van der Waals surface area contributed by atoms with Gasteiger partial charge >= 0.3 is 0 Å². The molecule has 0 saturated heterocycles. The maximum Gasteiger partial charge on any atom is 0.141 e. The van der Waals surface area contributed by atoms with Crippen LogP contribution in [0.2, 0.25) is 0 Å². The van der Waals surface area contributed by atoms with Crippen molar-refractivity contribution in [3.8, 4) is 33.8 Å². The van der Waals surface area contributed by atoms with Gasteiger partial charge in [0.25, 0.3) is 0 Å².